The van der Waals surface area contributed by atoms with Crippen LogP contribution in [0.25, 0.3) is 0 Å². The summed E-state index contributed by atoms with van der Waals surface area (Å²) in [7, 11) is 1.72. The first-order valence-electron chi connectivity index (χ1n) is 8.13. The first-order chi connectivity index (χ1) is 11.3. The number of hydrogen-bond acceptors (Lipinski definition) is 1. The fourth-order valence-corrected chi connectivity index (χ4v) is 3.98. The molecule has 3 aromatic rings. The molecule has 0 spiro atoms. The highest BCUT2D eigenvalue weighted by Gasteiger charge is 2.41. The molecule has 0 aliphatic heterocycles. The summed E-state index contributed by atoms with van der Waals surface area (Å²) < 4.78 is 5.34. The van der Waals surface area contributed by atoms with Crippen LogP contribution in [0.15, 0.2) is 78.9 Å². The van der Waals surface area contributed by atoms with Crippen molar-refractivity contribution in [2.75, 3.05) is 7.11 Å². The summed E-state index contributed by atoms with van der Waals surface area (Å²) >= 11 is 0. The molecular formula is C22H20O. The number of benzene rings is 3. The van der Waals surface area contributed by atoms with Gasteiger partial charge in [0.25, 0.3) is 0 Å². The van der Waals surface area contributed by atoms with Crippen molar-refractivity contribution in [1.82, 2.24) is 0 Å². The summed E-state index contributed by atoms with van der Waals surface area (Å²) in [6, 6.07) is 28.3. The molecular weight excluding hydrogens is 280 g/mol. The smallest absolute Gasteiger partial charge is 0.118 e. The highest BCUT2D eigenvalue weighted by Crippen LogP contribution is 2.49. The average Bonchev–Trinajstić information content (AvgIpc) is 3.03. The first kappa shape index (κ1) is 14.1. The molecule has 3 aromatic carbocycles. The van der Waals surface area contributed by atoms with Gasteiger partial charge in [0.1, 0.15) is 5.75 Å². The summed E-state index contributed by atoms with van der Waals surface area (Å²) in [6.07, 6.45) is 2.24. The van der Waals surface area contributed by atoms with Crippen molar-refractivity contribution in [1.29, 1.82) is 0 Å². The van der Waals surface area contributed by atoms with E-state index in [0.717, 1.165) is 18.6 Å². The van der Waals surface area contributed by atoms with E-state index in [4.69, 9.17) is 4.74 Å². The van der Waals surface area contributed by atoms with Crippen LogP contribution in [-0.2, 0) is 11.8 Å². The van der Waals surface area contributed by atoms with E-state index in [0.29, 0.717) is 0 Å². The molecule has 1 unspecified atom stereocenters. The van der Waals surface area contributed by atoms with E-state index in [2.05, 4.69) is 78.9 Å². The number of fused-ring (bicyclic) bond motifs is 1. The van der Waals surface area contributed by atoms with Gasteiger partial charge in [-0.15, -0.1) is 0 Å². The highest BCUT2D eigenvalue weighted by molar-refractivity contribution is 5.56. The van der Waals surface area contributed by atoms with Gasteiger partial charge in [-0.25, -0.2) is 0 Å². The largest absolute Gasteiger partial charge is 0.497 e. The van der Waals surface area contributed by atoms with Crippen LogP contribution in [0.2, 0.25) is 0 Å². The van der Waals surface area contributed by atoms with Gasteiger partial charge in [-0.05, 0) is 47.2 Å². The van der Waals surface area contributed by atoms with Gasteiger partial charge in [0, 0.05) is 5.41 Å². The van der Waals surface area contributed by atoms with Crippen molar-refractivity contribution in [2.45, 2.75) is 18.3 Å². The molecule has 114 valence electrons. The van der Waals surface area contributed by atoms with Crippen LogP contribution in [0, 0.1) is 0 Å². The third kappa shape index (κ3) is 2.16. The van der Waals surface area contributed by atoms with Crippen LogP contribution in [0.1, 0.15) is 28.7 Å². The molecule has 0 heterocycles. The molecule has 1 atom stereocenters. The Morgan fingerprint density at radius 1 is 0.739 bits per heavy atom. The van der Waals surface area contributed by atoms with Gasteiger partial charge in [-0.3, -0.25) is 0 Å². The van der Waals surface area contributed by atoms with Crippen molar-refractivity contribution >= 4 is 0 Å². The van der Waals surface area contributed by atoms with Crippen molar-refractivity contribution in [3.05, 3.63) is 101 Å². The summed E-state index contributed by atoms with van der Waals surface area (Å²) in [4.78, 5) is 0. The van der Waals surface area contributed by atoms with Gasteiger partial charge in [-0.2, -0.15) is 0 Å². The topological polar surface area (TPSA) is 9.23 Å². The molecule has 0 radical (unpaired) electrons. The van der Waals surface area contributed by atoms with Gasteiger partial charge < -0.3 is 4.74 Å². The molecule has 23 heavy (non-hydrogen) atoms. The van der Waals surface area contributed by atoms with E-state index >= 15 is 0 Å². The van der Waals surface area contributed by atoms with Crippen molar-refractivity contribution < 1.29 is 4.74 Å². The molecule has 0 saturated carbocycles. The Balaban J connectivity index is 1.96. The number of ether oxygens (including phenoxy) is 1. The average molecular weight is 300 g/mol. The van der Waals surface area contributed by atoms with E-state index in [1.54, 1.807) is 7.11 Å². The van der Waals surface area contributed by atoms with Crippen LogP contribution in [0.4, 0.5) is 0 Å². The predicted octanol–water partition coefficient (Wildman–Crippen LogP) is 4.98. The third-order valence-corrected chi connectivity index (χ3v) is 5.10. The number of rotatable bonds is 3. The molecule has 1 nitrogen and oxygen atoms in total. The summed E-state index contributed by atoms with van der Waals surface area (Å²) in [5, 5.41) is 0. The Kier molecular flexibility index (Phi) is 3.42. The van der Waals surface area contributed by atoms with E-state index in [1.807, 2.05) is 0 Å². The van der Waals surface area contributed by atoms with E-state index in [-0.39, 0.29) is 5.41 Å². The maximum absolute atomic E-state index is 5.34. The molecule has 4 rings (SSSR count). The molecule has 0 fully saturated rings. The lowest BCUT2D eigenvalue weighted by Crippen LogP contribution is -2.26. The zero-order valence-electron chi connectivity index (χ0n) is 13.3. The normalized spacial score (nSPS) is 19.3. The molecule has 1 aliphatic rings. The van der Waals surface area contributed by atoms with Gasteiger partial charge in [-0.1, -0.05) is 66.7 Å². The lowest BCUT2D eigenvalue weighted by molar-refractivity contribution is 0.414. The Labute approximate surface area is 137 Å². The van der Waals surface area contributed by atoms with Crippen molar-refractivity contribution in [3.63, 3.8) is 0 Å². The molecule has 0 amide bonds. The zero-order chi connectivity index (χ0) is 15.7. The van der Waals surface area contributed by atoms with Gasteiger partial charge in [0.2, 0.25) is 0 Å². The fraction of sp³-hybridized carbons (Fsp3) is 0.182. The summed E-state index contributed by atoms with van der Waals surface area (Å²) in [6.45, 7) is 0. The number of aryl methyl sites for hydroxylation is 1. The van der Waals surface area contributed by atoms with E-state index in [1.165, 1.54) is 22.3 Å². The van der Waals surface area contributed by atoms with Crippen molar-refractivity contribution in [3.8, 4) is 5.75 Å². The lowest BCUT2D eigenvalue weighted by atomic mass is 9.70. The van der Waals surface area contributed by atoms with Gasteiger partial charge in [0.15, 0.2) is 0 Å². The lowest BCUT2D eigenvalue weighted by Gasteiger charge is -2.32. The predicted molar refractivity (Wildman–Crippen MR) is 94.1 cm³/mol. The van der Waals surface area contributed by atoms with Crippen LogP contribution in [-0.4, -0.2) is 7.11 Å². The number of hydrogen-bond donors (Lipinski definition) is 0. The summed E-state index contributed by atoms with van der Waals surface area (Å²) in [5.74, 6) is 0.906. The maximum atomic E-state index is 5.34. The van der Waals surface area contributed by atoms with Crippen LogP contribution in [0.5, 0.6) is 5.75 Å². The monoisotopic (exact) mass is 300 g/mol. The zero-order valence-corrected chi connectivity index (χ0v) is 13.3. The maximum Gasteiger partial charge on any atom is 0.118 e. The number of methoxy groups -OCH3 is 1. The summed E-state index contributed by atoms with van der Waals surface area (Å²) in [5.41, 5.74) is 5.57. The Morgan fingerprint density at radius 3 is 2.13 bits per heavy atom. The van der Waals surface area contributed by atoms with Crippen LogP contribution >= 0.6 is 0 Å². The molecule has 1 heteroatoms. The minimum atomic E-state index is -0.0515. The minimum Gasteiger partial charge on any atom is -0.497 e. The fourth-order valence-electron chi connectivity index (χ4n) is 3.98. The SMILES string of the molecule is COc1ccc(C2(c3ccccc3)CCc3ccccc32)cc1. The first-order valence-corrected chi connectivity index (χ1v) is 8.13. The van der Waals surface area contributed by atoms with Crippen molar-refractivity contribution in [2.24, 2.45) is 0 Å². The van der Waals surface area contributed by atoms with Gasteiger partial charge >= 0.3 is 0 Å². The quantitative estimate of drug-likeness (QED) is 0.663. The van der Waals surface area contributed by atoms with E-state index in [9.17, 15) is 0 Å². The second-order valence-corrected chi connectivity index (χ2v) is 6.16. The standard InChI is InChI=1S/C22H20O/c1-23-20-13-11-19(12-14-20)22(18-8-3-2-4-9-18)16-15-17-7-5-6-10-21(17)22/h2-14H,15-16H2,1H3. The molecule has 0 N–H and O–H groups in total. The van der Waals surface area contributed by atoms with Crippen LogP contribution < -0.4 is 4.74 Å². The third-order valence-electron chi connectivity index (χ3n) is 5.10. The molecule has 0 aromatic heterocycles. The second kappa shape index (κ2) is 5.58. The molecule has 1 aliphatic carbocycles. The Hall–Kier alpha value is -2.54. The van der Waals surface area contributed by atoms with Crippen LogP contribution in [0.3, 0.4) is 0 Å². The molecule has 0 saturated heterocycles. The molecule has 0 bridgehead atoms. The van der Waals surface area contributed by atoms with E-state index < -0.39 is 0 Å². The Bertz CT molecular complexity index is 805. The minimum absolute atomic E-state index is 0.0515. The highest BCUT2D eigenvalue weighted by atomic mass is 16.5. The van der Waals surface area contributed by atoms with Gasteiger partial charge in [0.05, 0.1) is 7.11 Å². The Morgan fingerprint density at radius 2 is 1.39 bits per heavy atom. The second-order valence-electron chi connectivity index (χ2n) is 6.16.